The van der Waals surface area contributed by atoms with Crippen LogP contribution in [0.3, 0.4) is 0 Å². The van der Waals surface area contributed by atoms with E-state index in [-0.39, 0.29) is 5.78 Å². The number of ketones is 1. The maximum atomic E-state index is 11.9. The van der Waals surface area contributed by atoms with E-state index in [0.29, 0.717) is 6.42 Å². The molecule has 1 nitrogen and oxygen atoms in total. The van der Waals surface area contributed by atoms with E-state index >= 15 is 0 Å². The molecule has 0 spiro atoms. The van der Waals surface area contributed by atoms with Crippen molar-refractivity contribution in [2.24, 2.45) is 0 Å². The second-order valence-electron chi connectivity index (χ2n) is 4.49. The average Bonchev–Trinajstić information content (AvgIpc) is 2.49. The number of hydrogen-bond donors (Lipinski definition) is 0. The Morgan fingerprint density at radius 2 is 1.53 bits per heavy atom. The van der Waals surface area contributed by atoms with Crippen LogP contribution in [-0.2, 0) is 0 Å². The van der Waals surface area contributed by atoms with Gasteiger partial charge in [0.25, 0.3) is 0 Å². The molecule has 0 bridgehead atoms. The largest absolute Gasteiger partial charge is 0.294 e. The van der Waals surface area contributed by atoms with Crippen molar-refractivity contribution in [2.75, 3.05) is 0 Å². The number of benzene rings is 2. The SMILES string of the molecule is O=C(CCC/C=C/c1ccccc1)c1ccccc1. The number of Topliss-reactive ketones (excluding diaryl/α,β-unsaturated/α-hetero) is 1. The topological polar surface area (TPSA) is 17.1 Å². The van der Waals surface area contributed by atoms with Crippen LogP contribution >= 0.6 is 0 Å². The Bertz CT molecular complexity index is 526. The number of allylic oxidation sites excluding steroid dienone is 1. The smallest absolute Gasteiger partial charge is 0.162 e. The lowest BCUT2D eigenvalue weighted by atomic mass is 10.1. The molecule has 0 aliphatic carbocycles. The summed E-state index contributed by atoms with van der Waals surface area (Å²) in [7, 11) is 0. The molecule has 0 saturated carbocycles. The molecule has 0 aliphatic rings. The van der Waals surface area contributed by atoms with E-state index in [9.17, 15) is 4.79 Å². The van der Waals surface area contributed by atoms with Crippen molar-refractivity contribution in [1.29, 1.82) is 0 Å². The highest BCUT2D eigenvalue weighted by Gasteiger charge is 2.02. The van der Waals surface area contributed by atoms with E-state index in [1.54, 1.807) is 0 Å². The Balaban J connectivity index is 1.73. The molecule has 0 atom stereocenters. The predicted octanol–water partition coefficient (Wildman–Crippen LogP) is 4.75. The van der Waals surface area contributed by atoms with Crippen molar-refractivity contribution < 1.29 is 4.79 Å². The summed E-state index contributed by atoms with van der Waals surface area (Å²) in [4.78, 5) is 11.9. The van der Waals surface area contributed by atoms with Crippen LogP contribution in [0.4, 0.5) is 0 Å². The molecule has 2 rings (SSSR count). The summed E-state index contributed by atoms with van der Waals surface area (Å²) in [6.45, 7) is 0. The van der Waals surface area contributed by atoms with Gasteiger partial charge in [-0.05, 0) is 18.4 Å². The average molecular weight is 250 g/mol. The van der Waals surface area contributed by atoms with E-state index in [4.69, 9.17) is 0 Å². The molecule has 2 aromatic carbocycles. The highest BCUT2D eigenvalue weighted by molar-refractivity contribution is 5.95. The minimum atomic E-state index is 0.230. The maximum Gasteiger partial charge on any atom is 0.162 e. The molecule has 1 heteroatoms. The molecule has 96 valence electrons. The Hall–Kier alpha value is -2.15. The number of unbranched alkanes of at least 4 members (excludes halogenated alkanes) is 1. The molecule has 0 saturated heterocycles. The molecule has 0 aromatic heterocycles. The van der Waals surface area contributed by atoms with Crippen LogP contribution in [0.2, 0.25) is 0 Å². The van der Waals surface area contributed by atoms with Gasteiger partial charge in [-0.15, -0.1) is 0 Å². The van der Waals surface area contributed by atoms with E-state index < -0.39 is 0 Å². The van der Waals surface area contributed by atoms with Crippen LogP contribution in [0.25, 0.3) is 6.08 Å². The first-order chi connectivity index (χ1) is 9.36. The quantitative estimate of drug-likeness (QED) is 0.534. The lowest BCUT2D eigenvalue weighted by Crippen LogP contribution is -1.97. The predicted molar refractivity (Wildman–Crippen MR) is 80.1 cm³/mol. The van der Waals surface area contributed by atoms with E-state index in [0.717, 1.165) is 18.4 Å². The fraction of sp³-hybridized carbons (Fsp3) is 0.167. The third-order valence-electron chi connectivity index (χ3n) is 2.98. The number of carbonyl (C=O) groups is 1. The van der Waals surface area contributed by atoms with Gasteiger partial charge in [0.15, 0.2) is 5.78 Å². The van der Waals surface area contributed by atoms with Crippen LogP contribution < -0.4 is 0 Å². The van der Waals surface area contributed by atoms with Gasteiger partial charge < -0.3 is 0 Å². The van der Waals surface area contributed by atoms with Gasteiger partial charge in [-0.1, -0.05) is 72.8 Å². The first-order valence-corrected chi connectivity index (χ1v) is 6.66. The Labute approximate surface area is 114 Å². The fourth-order valence-corrected chi connectivity index (χ4v) is 1.93. The van der Waals surface area contributed by atoms with Crippen molar-refractivity contribution in [2.45, 2.75) is 19.3 Å². The van der Waals surface area contributed by atoms with Crippen LogP contribution in [0.1, 0.15) is 35.2 Å². The van der Waals surface area contributed by atoms with Gasteiger partial charge in [0.1, 0.15) is 0 Å². The van der Waals surface area contributed by atoms with Crippen molar-refractivity contribution in [3.8, 4) is 0 Å². The van der Waals surface area contributed by atoms with Gasteiger partial charge in [-0.2, -0.15) is 0 Å². The van der Waals surface area contributed by atoms with Gasteiger partial charge in [0.05, 0.1) is 0 Å². The lowest BCUT2D eigenvalue weighted by molar-refractivity contribution is 0.0980. The Morgan fingerprint density at radius 1 is 0.895 bits per heavy atom. The highest BCUT2D eigenvalue weighted by atomic mass is 16.1. The molecule has 0 heterocycles. The number of carbonyl (C=O) groups excluding carboxylic acids is 1. The summed E-state index contributed by atoms with van der Waals surface area (Å²) in [5.41, 5.74) is 2.02. The lowest BCUT2D eigenvalue weighted by Gasteiger charge is -1.99. The molecule has 0 unspecified atom stereocenters. The van der Waals surface area contributed by atoms with Crippen molar-refractivity contribution >= 4 is 11.9 Å². The standard InChI is InChI=1S/C18H18O/c19-18(17-13-7-3-8-14-17)15-9-2-6-12-16-10-4-1-5-11-16/h1,3-8,10-14H,2,9,15H2/b12-6+. The molecular weight excluding hydrogens is 232 g/mol. The maximum absolute atomic E-state index is 11.9. The molecule has 2 aromatic rings. The zero-order chi connectivity index (χ0) is 13.3. The van der Waals surface area contributed by atoms with Crippen molar-refractivity contribution in [1.82, 2.24) is 0 Å². The van der Waals surface area contributed by atoms with E-state index in [2.05, 4.69) is 24.3 Å². The Kier molecular flexibility index (Phi) is 5.12. The Morgan fingerprint density at radius 3 is 2.21 bits per heavy atom. The van der Waals surface area contributed by atoms with Crippen molar-refractivity contribution in [3.63, 3.8) is 0 Å². The molecule has 0 N–H and O–H groups in total. The molecule has 0 amide bonds. The minimum Gasteiger partial charge on any atom is -0.294 e. The zero-order valence-corrected chi connectivity index (χ0v) is 11.0. The first kappa shape index (κ1) is 13.3. The summed E-state index contributed by atoms with van der Waals surface area (Å²) in [6.07, 6.45) is 6.69. The molecular formula is C18H18O. The second-order valence-corrected chi connectivity index (χ2v) is 4.49. The highest BCUT2D eigenvalue weighted by Crippen LogP contribution is 2.08. The molecule has 19 heavy (non-hydrogen) atoms. The number of rotatable bonds is 6. The second kappa shape index (κ2) is 7.32. The molecule has 0 fully saturated rings. The van der Waals surface area contributed by atoms with Gasteiger partial charge >= 0.3 is 0 Å². The summed E-state index contributed by atoms with van der Waals surface area (Å²) in [5, 5.41) is 0. The van der Waals surface area contributed by atoms with Crippen LogP contribution in [0.15, 0.2) is 66.7 Å². The summed E-state index contributed by atoms with van der Waals surface area (Å²) >= 11 is 0. The van der Waals surface area contributed by atoms with Gasteiger partial charge in [-0.25, -0.2) is 0 Å². The summed E-state index contributed by atoms with van der Waals surface area (Å²) < 4.78 is 0. The van der Waals surface area contributed by atoms with E-state index in [1.165, 1.54) is 5.56 Å². The van der Waals surface area contributed by atoms with Crippen molar-refractivity contribution in [3.05, 3.63) is 77.9 Å². The minimum absolute atomic E-state index is 0.230. The molecule has 0 aliphatic heterocycles. The monoisotopic (exact) mass is 250 g/mol. The summed E-state index contributed by atoms with van der Waals surface area (Å²) in [5.74, 6) is 0.230. The van der Waals surface area contributed by atoms with Crippen LogP contribution in [-0.4, -0.2) is 5.78 Å². The van der Waals surface area contributed by atoms with Gasteiger partial charge in [0, 0.05) is 12.0 Å². The number of hydrogen-bond acceptors (Lipinski definition) is 1. The third kappa shape index (κ3) is 4.55. The molecule has 0 radical (unpaired) electrons. The fourth-order valence-electron chi connectivity index (χ4n) is 1.93. The third-order valence-corrected chi connectivity index (χ3v) is 2.98. The van der Waals surface area contributed by atoms with Gasteiger partial charge in [0.2, 0.25) is 0 Å². The normalized spacial score (nSPS) is 10.7. The van der Waals surface area contributed by atoms with Crippen LogP contribution in [0, 0.1) is 0 Å². The summed E-state index contributed by atoms with van der Waals surface area (Å²) in [6, 6.07) is 19.7. The zero-order valence-electron chi connectivity index (χ0n) is 11.0. The van der Waals surface area contributed by atoms with Gasteiger partial charge in [-0.3, -0.25) is 4.79 Å². The van der Waals surface area contributed by atoms with Crippen LogP contribution in [0.5, 0.6) is 0 Å². The first-order valence-electron chi connectivity index (χ1n) is 6.66. The van der Waals surface area contributed by atoms with E-state index in [1.807, 2.05) is 48.5 Å².